The molecular weight excluding hydrogens is 504 g/mol. The number of nitrogens with zero attached hydrogens (tertiary/aromatic N) is 3. The lowest BCUT2D eigenvalue weighted by molar-refractivity contribution is -0.113. The Morgan fingerprint density at radius 3 is 2.59 bits per heavy atom. The highest BCUT2D eigenvalue weighted by molar-refractivity contribution is 7.99. The maximum Gasteiger partial charge on any atom is 0.268 e. The first kappa shape index (κ1) is 25.0. The van der Waals surface area contributed by atoms with E-state index in [0.29, 0.717) is 22.1 Å². The van der Waals surface area contributed by atoms with Gasteiger partial charge >= 0.3 is 0 Å². The van der Waals surface area contributed by atoms with Gasteiger partial charge in [-0.3, -0.25) is 9.10 Å². The molecule has 0 unspecified atom stereocenters. The van der Waals surface area contributed by atoms with Crippen molar-refractivity contribution >= 4 is 39.1 Å². The summed E-state index contributed by atoms with van der Waals surface area (Å²) in [7, 11) is -3.88. The Kier molecular flexibility index (Phi) is 6.99. The Bertz CT molecular complexity index is 1590. The van der Waals surface area contributed by atoms with Crippen molar-refractivity contribution in [2.45, 2.75) is 36.9 Å². The number of benzene rings is 3. The van der Waals surface area contributed by atoms with E-state index in [1.54, 1.807) is 6.07 Å². The summed E-state index contributed by atoms with van der Waals surface area (Å²) < 4.78 is 28.7. The number of rotatable bonds is 7. The summed E-state index contributed by atoms with van der Waals surface area (Å²) in [5.74, 6) is -0.0832. The molecule has 0 bridgehead atoms. The minimum Gasteiger partial charge on any atom is -0.325 e. The zero-order chi connectivity index (χ0) is 26.0. The van der Waals surface area contributed by atoms with Gasteiger partial charge in [-0.15, -0.1) is 0 Å². The second-order valence-corrected chi connectivity index (χ2v) is 11.5. The fourth-order valence-corrected chi connectivity index (χ4v) is 6.46. The van der Waals surface area contributed by atoms with E-state index >= 15 is 0 Å². The molecule has 0 spiro atoms. The van der Waals surface area contributed by atoms with Gasteiger partial charge in [0.25, 0.3) is 10.0 Å². The van der Waals surface area contributed by atoms with E-state index in [1.165, 1.54) is 22.3 Å². The van der Waals surface area contributed by atoms with Crippen LogP contribution >= 0.6 is 11.8 Å². The molecule has 0 radical (unpaired) electrons. The SMILES string of the molecule is CCc1cccc(NC(=O)CSc2ncc3c(n2)-c2ccccc2N(Cc2cccc(C)c2)S3(=O)=O)c1. The summed E-state index contributed by atoms with van der Waals surface area (Å²) in [6.45, 7) is 4.24. The zero-order valence-corrected chi connectivity index (χ0v) is 22.1. The molecule has 188 valence electrons. The highest BCUT2D eigenvalue weighted by Gasteiger charge is 2.36. The topological polar surface area (TPSA) is 92.3 Å². The molecule has 0 aliphatic carbocycles. The number of thioether (sulfide) groups is 1. The molecule has 2 heterocycles. The lowest BCUT2D eigenvalue weighted by atomic mass is 10.1. The van der Waals surface area contributed by atoms with Crippen LogP contribution in [0, 0.1) is 6.92 Å². The number of carbonyl (C=O) groups excluding carboxylic acids is 1. The minimum absolute atomic E-state index is 0.0593. The summed E-state index contributed by atoms with van der Waals surface area (Å²) in [6.07, 6.45) is 2.23. The average Bonchev–Trinajstić information content (AvgIpc) is 2.90. The Morgan fingerprint density at radius 1 is 1.00 bits per heavy atom. The third-order valence-corrected chi connectivity index (χ3v) is 8.71. The number of amides is 1. The smallest absolute Gasteiger partial charge is 0.268 e. The van der Waals surface area contributed by atoms with Crippen LogP contribution in [0.2, 0.25) is 0 Å². The van der Waals surface area contributed by atoms with Crippen molar-refractivity contribution in [1.29, 1.82) is 0 Å². The normalized spacial score (nSPS) is 13.5. The number of para-hydroxylation sites is 1. The van der Waals surface area contributed by atoms with Crippen LogP contribution in [-0.4, -0.2) is 30.0 Å². The van der Waals surface area contributed by atoms with Gasteiger partial charge < -0.3 is 5.32 Å². The first-order chi connectivity index (χ1) is 17.8. The molecule has 0 fully saturated rings. The Balaban J connectivity index is 1.39. The number of hydrogen-bond acceptors (Lipinski definition) is 6. The summed E-state index contributed by atoms with van der Waals surface area (Å²) in [5, 5.41) is 3.23. The fraction of sp³-hybridized carbons (Fsp3) is 0.179. The zero-order valence-electron chi connectivity index (χ0n) is 20.5. The predicted molar refractivity (Wildman–Crippen MR) is 147 cm³/mol. The Labute approximate surface area is 221 Å². The fourth-order valence-electron chi connectivity index (χ4n) is 4.29. The molecule has 1 aromatic heterocycles. The second-order valence-electron chi connectivity index (χ2n) is 8.77. The van der Waals surface area contributed by atoms with Gasteiger partial charge in [0, 0.05) is 11.3 Å². The van der Waals surface area contributed by atoms with Crippen LogP contribution in [0.4, 0.5) is 11.4 Å². The first-order valence-electron chi connectivity index (χ1n) is 11.9. The molecule has 0 atom stereocenters. The third-order valence-electron chi connectivity index (χ3n) is 6.09. The van der Waals surface area contributed by atoms with Crippen LogP contribution in [0.15, 0.2) is 89.0 Å². The number of aryl methyl sites for hydroxylation is 2. The lowest BCUT2D eigenvalue weighted by Gasteiger charge is -2.31. The Hall–Kier alpha value is -3.69. The van der Waals surface area contributed by atoms with E-state index in [4.69, 9.17) is 0 Å². The monoisotopic (exact) mass is 530 g/mol. The van der Waals surface area contributed by atoms with Gasteiger partial charge in [0.2, 0.25) is 5.91 Å². The standard InChI is InChI=1S/C28H26N4O3S2/c1-3-20-9-7-11-22(15-20)30-26(33)18-36-28-29-16-25-27(31-28)23-12-4-5-13-24(23)32(37(25,34)35)17-21-10-6-8-19(2)14-21/h4-16H,3,17-18H2,1-2H3,(H,30,33). The highest BCUT2D eigenvalue weighted by atomic mass is 32.2. The molecule has 1 N–H and O–H groups in total. The Morgan fingerprint density at radius 2 is 1.78 bits per heavy atom. The maximum atomic E-state index is 13.7. The maximum absolute atomic E-state index is 13.7. The van der Waals surface area contributed by atoms with Crippen LogP contribution in [0.25, 0.3) is 11.3 Å². The third kappa shape index (κ3) is 5.23. The van der Waals surface area contributed by atoms with Crippen molar-refractivity contribution in [2.75, 3.05) is 15.4 Å². The van der Waals surface area contributed by atoms with E-state index in [9.17, 15) is 13.2 Å². The first-order valence-corrected chi connectivity index (χ1v) is 14.3. The summed E-state index contributed by atoms with van der Waals surface area (Å²) in [6, 6.07) is 22.8. The van der Waals surface area contributed by atoms with E-state index < -0.39 is 10.0 Å². The summed E-state index contributed by atoms with van der Waals surface area (Å²) in [5.41, 5.74) is 5.47. The van der Waals surface area contributed by atoms with Gasteiger partial charge in [0.1, 0.15) is 4.90 Å². The van der Waals surface area contributed by atoms with Crippen molar-refractivity contribution in [3.63, 3.8) is 0 Å². The van der Waals surface area contributed by atoms with Crippen LogP contribution in [0.1, 0.15) is 23.6 Å². The molecule has 0 saturated heterocycles. The second kappa shape index (κ2) is 10.4. The van der Waals surface area contributed by atoms with Crippen LogP contribution < -0.4 is 9.62 Å². The van der Waals surface area contributed by atoms with Crippen LogP contribution in [0.3, 0.4) is 0 Å². The molecular formula is C28H26N4O3S2. The molecule has 3 aromatic carbocycles. The molecule has 9 heteroatoms. The van der Waals surface area contributed by atoms with Crippen molar-refractivity contribution in [3.05, 3.63) is 95.7 Å². The van der Waals surface area contributed by atoms with Crippen molar-refractivity contribution in [3.8, 4) is 11.3 Å². The number of sulfonamides is 1. The van der Waals surface area contributed by atoms with Crippen LogP contribution in [-0.2, 0) is 27.8 Å². The number of fused-ring (bicyclic) bond motifs is 3. The summed E-state index contributed by atoms with van der Waals surface area (Å²) in [4.78, 5) is 21.5. The van der Waals surface area contributed by atoms with Crippen LogP contribution in [0.5, 0.6) is 0 Å². The van der Waals surface area contributed by atoms with E-state index in [1.807, 2.05) is 73.7 Å². The molecule has 1 aliphatic rings. The largest absolute Gasteiger partial charge is 0.325 e. The van der Waals surface area contributed by atoms with Crippen molar-refractivity contribution in [1.82, 2.24) is 9.97 Å². The van der Waals surface area contributed by atoms with Gasteiger partial charge in [-0.2, -0.15) is 0 Å². The number of aromatic nitrogens is 2. The number of carbonyl (C=O) groups is 1. The van der Waals surface area contributed by atoms with Gasteiger partial charge in [-0.05, 0) is 42.7 Å². The summed E-state index contributed by atoms with van der Waals surface area (Å²) >= 11 is 1.17. The van der Waals surface area contributed by atoms with E-state index in [2.05, 4.69) is 22.2 Å². The molecule has 37 heavy (non-hydrogen) atoms. The molecule has 7 nitrogen and oxygen atoms in total. The lowest BCUT2D eigenvalue weighted by Crippen LogP contribution is -2.34. The van der Waals surface area contributed by atoms with Gasteiger partial charge in [0.05, 0.1) is 29.9 Å². The molecule has 1 aliphatic heterocycles. The molecule has 4 aromatic rings. The molecule has 0 saturated carbocycles. The predicted octanol–water partition coefficient (Wildman–Crippen LogP) is 5.45. The van der Waals surface area contributed by atoms with Crippen molar-refractivity contribution < 1.29 is 13.2 Å². The quantitative estimate of drug-likeness (QED) is 0.252. The molecule has 1 amide bonds. The van der Waals surface area contributed by atoms with Crippen molar-refractivity contribution in [2.24, 2.45) is 0 Å². The van der Waals surface area contributed by atoms with Gasteiger partial charge in [-0.25, -0.2) is 18.4 Å². The molecule has 5 rings (SSSR count). The van der Waals surface area contributed by atoms with Gasteiger partial charge in [-0.1, -0.05) is 78.8 Å². The van der Waals surface area contributed by atoms with E-state index in [0.717, 1.165) is 28.8 Å². The van der Waals surface area contributed by atoms with E-state index in [-0.39, 0.29) is 23.1 Å². The minimum atomic E-state index is -3.88. The number of nitrogens with one attached hydrogen (secondary N) is 1. The highest BCUT2D eigenvalue weighted by Crippen LogP contribution is 2.42. The number of anilines is 2. The number of hydrogen-bond donors (Lipinski definition) is 1. The van der Waals surface area contributed by atoms with Gasteiger partial charge in [0.15, 0.2) is 5.16 Å². The average molecular weight is 531 g/mol.